The molecule has 0 unspecified atom stereocenters. The van der Waals surface area contributed by atoms with Crippen LogP contribution < -0.4 is 0 Å². The average molecular weight is 247 g/mol. The van der Waals surface area contributed by atoms with E-state index in [1.165, 1.54) is 19.3 Å². The first-order valence-electron chi connectivity index (χ1n) is 6.50. The van der Waals surface area contributed by atoms with E-state index >= 15 is 0 Å². The van der Waals surface area contributed by atoms with Crippen molar-refractivity contribution in [2.24, 2.45) is 0 Å². The Labute approximate surface area is 102 Å². The molecule has 0 aromatic carbocycles. The van der Waals surface area contributed by atoms with Crippen molar-refractivity contribution in [3.63, 3.8) is 0 Å². The van der Waals surface area contributed by atoms with Gasteiger partial charge < -0.3 is 13.3 Å². The Bertz CT molecular complexity index is 136. The zero-order valence-electron chi connectivity index (χ0n) is 11.3. The molecule has 0 aromatic rings. The van der Waals surface area contributed by atoms with Crippen LogP contribution in [0.25, 0.3) is 0 Å². The van der Waals surface area contributed by atoms with E-state index in [9.17, 15) is 0 Å². The molecule has 0 saturated heterocycles. The molecule has 0 bridgehead atoms. The summed E-state index contributed by atoms with van der Waals surface area (Å²) in [5.41, 5.74) is 0. The smallest absolute Gasteiger partial charge is 0.374 e. The maximum Gasteiger partial charge on any atom is 0.504 e. The summed E-state index contributed by atoms with van der Waals surface area (Å²) >= 11 is 0. The molecule has 97 valence electrons. The van der Waals surface area contributed by atoms with Gasteiger partial charge in [-0.05, 0) is 27.2 Å². The second-order valence-corrected chi connectivity index (χ2v) is 6.08. The summed E-state index contributed by atoms with van der Waals surface area (Å²) in [6.07, 6.45) is 4.71. The molecular weight excluding hydrogens is 220 g/mol. The Balaban J connectivity index is 4.12. The Morgan fingerprint density at radius 1 is 0.812 bits per heavy atom. The lowest BCUT2D eigenvalue weighted by atomic mass is 10.2. The maximum absolute atomic E-state index is 5.73. The van der Waals surface area contributed by atoms with E-state index in [0.29, 0.717) is 19.8 Å². The molecule has 0 amide bonds. The molecule has 0 aliphatic heterocycles. The Morgan fingerprint density at radius 3 is 1.69 bits per heavy atom. The minimum atomic E-state index is -2.47. The summed E-state index contributed by atoms with van der Waals surface area (Å²) in [4.78, 5) is 0. The van der Waals surface area contributed by atoms with Crippen LogP contribution in [0.5, 0.6) is 0 Å². The van der Waals surface area contributed by atoms with Crippen molar-refractivity contribution in [2.45, 2.75) is 53.4 Å². The van der Waals surface area contributed by atoms with Gasteiger partial charge in [-0.1, -0.05) is 26.2 Å². The van der Waals surface area contributed by atoms with Crippen LogP contribution in [0.4, 0.5) is 0 Å². The van der Waals surface area contributed by atoms with Gasteiger partial charge in [-0.3, -0.25) is 0 Å². The molecule has 4 heteroatoms. The van der Waals surface area contributed by atoms with E-state index < -0.39 is 8.80 Å². The number of hydrogen-bond acceptors (Lipinski definition) is 3. The topological polar surface area (TPSA) is 27.7 Å². The molecule has 0 saturated carbocycles. The predicted molar refractivity (Wildman–Crippen MR) is 69.1 cm³/mol. The summed E-state index contributed by atoms with van der Waals surface area (Å²) in [6, 6.07) is 2.15. The summed E-state index contributed by atoms with van der Waals surface area (Å²) in [6.45, 7) is 10.1. The van der Waals surface area contributed by atoms with Crippen molar-refractivity contribution in [2.75, 3.05) is 19.8 Å². The van der Waals surface area contributed by atoms with Gasteiger partial charge in [0.1, 0.15) is 0 Å². The summed E-state index contributed by atoms with van der Waals surface area (Å²) < 4.78 is 17.2. The van der Waals surface area contributed by atoms with Gasteiger partial charge in [0.2, 0.25) is 0 Å². The standard InChI is InChI=1S/C12H27O3Si/c1-5-9-10-11-12-16(13-6-2,14-7-3)15-8-4/h12H,5-11H2,1-4H3. The van der Waals surface area contributed by atoms with Crippen LogP contribution in [0.3, 0.4) is 0 Å². The first-order chi connectivity index (χ1) is 7.74. The van der Waals surface area contributed by atoms with Crippen LogP contribution in [0.1, 0.15) is 53.4 Å². The van der Waals surface area contributed by atoms with Crippen molar-refractivity contribution >= 4 is 8.80 Å². The largest absolute Gasteiger partial charge is 0.504 e. The lowest BCUT2D eigenvalue weighted by Gasteiger charge is -2.28. The molecule has 0 rings (SSSR count). The SMILES string of the molecule is CCCCC[CH][Si](OCC)(OCC)OCC. The molecule has 0 heterocycles. The van der Waals surface area contributed by atoms with Crippen LogP contribution in [0.15, 0.2) is 0 Å². The van der Waals surface area contributed by atoms with Crippen LogP contribution in [0, 0.1) is 6.04 Å². The molecule has 3 nitrogen and oxygen atoms in total. The minimum Gasteiger partial charge on any atom is -0.374 e. The Hall–Kier alpha value is 0.0969. The first-order valence-corrected chi connectivity index (χ1v) is 8.31. The van der Waals surface area contributed by atoms with Gasteiger partial charge in [0.25, 0.3) is 0 Å². The fourth-order valence-corrected chi connectivity index (χ4v) is 3.95. The van der Waals surface area contributed by atoms with E-state index in [4.69, 9.17) is 13.3 Å². The van der Waals surface area contributed by atoms with Gasteiger partial charge >= 0.3 is 8.80 Å². The van der Waals surface area contributed by atoms with Gasteiger partial charge in [-0.15, -0.1) is 0 Å². The van der Waals surface area contributed by atoms with Gasteiger partial charge in [0.15, 0.2) is 0 Å². The maximum atomic E-state index is 5.73. The highest BCUT2D eigenvalue weighted by Gasteiger charge is 2.39. The number of rotatable bonds is 11. The average Bonchev–Trinajstić information content (AvgIpc) is 2.26. The second-order valence-electron chi connectivity index (χ2n) is 3.60. The number of hydrogen-bond donors (Lipinski definition) is 0. The fourth-order valence-electron chi connectivity index (χ4n) is 1.58. The van der Waals surface area contributed by atoms with Gasteiger partial charge in [-0.25, -0.2) is 0 Å². The van der Waals surface area contributed by atoms with Crippen LogP contribution in [0.2, 0.25) is 0 Å². The summed E-state index contributed by atoms with van der Waals surface area (Å²) in [5.74, 6) is 0. The van der Waals surface area contributed by atoms with Gasteiger partial charge in [0.05, 0.1) is 0 Å². The summed E-state index contributed by atoms with van der Waals surface area (Å²) in [7, 11) is -2.47. The number of unbranched alkanes of at least 4 members (excludes halogenated alkanes) is 3. The zero-order valence-corrected chi connectivity index (χ0v) is 12.3. The molecule has 0 spiro atoms. The molecule has 0 aliphatic rings. The quantitative estimate of drug-likeness (QED) is 0.414. The molecule has 0 aliphatic carbocycles. The Morgan fingerprint density at radius 2 is 1.31 bits per heavy atom. The predicted octanol–water partition coefficient (Wildman–Crippen LogP) is 3.36. The van der Waals surface area contributed by atoms with Gasteiger partial charge in [-0.2, -0.15) is 0 Å². The first kappa shape index (κ1) is 16.1. The van der Waals surface area contributed by atoms with Crippen molar-refractivity contribution in [3.05, 3.63) is 6.04 Å². The van der Waals surface area contributed by atoms with Gasteiger partial charge in [0, 0.05) is 25.9 Å². The third kappa shape index (κ3) is 6.63. The van der Waals surface area contributed by atoms with Crippen LogP contribution in [-0.2, 0) is 13.3 Å². The molecule has 16 heavy (non-hydrogen) atoms. The highest BCUT2D eigenvalue weighted by Crippen LogP contribution is 2.17. The lowest BCUT2D eigenvalue weighted by Crippen LogP contribution is -2.47. The van der Waals surface area contributed by atoms with Crippen molar-refractivity contribution in [3.8, 4) is 0 Å². The molecule has 0 fully saturated rings. The minimum absolute atomic E-state index is 0.649. The molecule has 0 N–H and O–H groups in total. The normalized spacial score (nSPS) is 12.0. The fraction of sp³-hybridized carbons (Fsp3) is 0.917. The van der Waals surface area contributed by atoms with Crippen molar-refractivity contribution < 1.29 is 13.3 Å². The monoisotopic (exact) mass is 247 g/mol. The lowest BCUT2D eigenvalue weighted by molar-refractivity contribution is 0.0785. The highest BCUT2D eigenvalue weighted by atomic mass is 28.4. The van der Waals surface area contributed by atoms with Crippen molar-refractivity contribution in [1.82, 2.24) is 0 Å². The third-order valence-electron chi connectivity index (χ3n) is 2.24. The highest BCUT2D eigenvalue weighted by molar-refractivity contribution is 6.64. The van der Waals surface area contributed by atoms with E-state index in [1.54, 1.807) is 0 Å². The van der Waals surface area contributed by atoms with E-state index in [-0.39, 0.29) is 0 Å². The van der Waals surface area contributed by atoms with Crippen LogP contribution >= 0.6 is 0 Å². The molecule has 1 radical (unpaired) electrons. The van der Waals surface area contributed by atoms with E-state index in [2.05, 4.69) is 13.0 Å². The Kier molecular flexibility index (Phi) is 10.3. The van der Waals surface area contributed by atoms with E-state index in [1.807, 2.05) is 20.8 Å². The molecule has 0 atom stereocenters. The van der Waals surface area contributed by atoms with Crippen LogP contribution in [-0.4, -0.2) is 28.6 Å². The zero-order chi connectivity index (χ0) is 12.3. The molecular formula is C12H27O3Si. The molecule has 0 aromatic heterocycles. The second kappa shape index (κ2) is 10.3. The van der Waals surface area contributed by atoms with Crippen molar-refractivity contribution in [1.29, 1.82) is 0 Å². The van der Waals surface area contributed by atoms with E-state index in [0.717, 1.165) is 6.42 Å². The third-order valence-corrected chi connectivity index (χ3v) is 5.10. The summed E-state index contributed by atoms with van der Waals surface area (Å²) in [5, 5.41) is 0.